The summed E-state index contributed by atoms with van der Waals surface area (Å²) >= 11 is 0. The lowest BCUT2D eigenvalue weighted by Gasteiger charge is -2.38. The van der Waals surface area contributed by atoms with Crippen LogP contribution in [0.1, 0.15) is 38.7 Å². The zero-order chi connectivity index (χ0) is 14.0. The molecule has 2 fully saturated rings. The molecule has 1 aromatic rings. The molecule has 1 spiro atoms. The molecule has 0 amide bonds. The van der Waals surface area contributed by atoms with Crippen LogP contribution in [0.4, 0.5) is 10.1 Å². The van der Waals surface area contributed by atoms with Gasteiger partial charge in [0.2, 0.25) is 0 Å². The summed E-state index contributed by atoms with van der Waals surface area (Å²) in [5.74, 6) is -0.130. The summed E-state index contributed by atoms with van der Waals surface area (Å²) < 4.78 is 26.4. The molecule has 5 heteroatoms. The minimum atomic E-state index is -0.576. The number of rotatable bonds is 1. The molecule has 0 radical (unpaired) electrons. The fourth-order valence-corrected chi connectivity index (χ4v) is 3.61. The van der Waals surface area contributed by atoms with Crippen molar-refractivity contribution >= 4 is 18.3 Å². The molecule has 20 heavy (non-hydrogen) atoms. The third-order valence-corrected chi connectivity index (χ3v) is 4.89. The second-order valence-electron chi connectivity index (χ2n) is 6.90. The monoisotopic (exact) mass is 275 g/mol. The highest BCUT2D eigenvalue weighted by atomic mass is 19.1. The number of nitrogens with one attached hydrogen (secondary N) is 1. The molecule has 0 bridgehead atoms. The van der Waals surface area contributed by atoms with Gasteiger partial charge < -0.3 is 14.6 Å². The topological polar surface area (TPSA) is 30.5 Å². The maximum Gasteiger partial charge on any atom is 0.497 e. The zero-order valence-corrected chi connectivity index (χ0v) is 12.0. The van der Waals surface area contributed by atoms with E-state index in [9.17, 15) is 4.39 Å². The number of hydrogen-bond acceptors (Lipinski definition) is 3. The Morgan fingerprint density at radius 3 is 2.70 bits per heavy atom. The highest BCUT2D eigenvalue weighted by Crippen LogP contribution is 2.50. The second kappa shape index (κ2) is 3.98. The van der Waals surface area contributed by atoms with Crippen LogP contribution in [0, 0.1) is 5.82 Å². The van der Waals surface area contributed by atoms with Crippen LogP contribution in [0.3, 0.4) is 0 Å². The molecule has 3 aliphatic rings. The van der Waals surface area contributed by atoms with E-state index in [1.54, 1.807) is 6.07 Å². The first-order chi connectivity index (χ1) is 9.51. The summed E-state index contributed by atoms with van der Waals surface area (Å²) in [7, 11) is -0.576. The molecule has 1 aliphatic carbocycles. The summed E-state index contributed by atoms with van der Waals surface area (Å²) in [5.41, 5.74) is 2.03. The normalized spacial score (nSPS) is 25.4. The van der Waals surface area contributed by atoms with Crippen molar-refractivity contribution in [1.29, 1.82) is 0 Å². The van der Waals surface area contributed by atoms with E-state index >= 15 is 0 Å². The smallest absolute Gasteiger partial charge is 0.404 e. The third kappa shape index (κ3) is 1.66. The summed E-state index contributed by atoms with van der Waals surface area (Å²) in [6.07, 6.45) is 3.34. The van der Waals surface area contributed by atoms with Crippen molar-refractivity contribution in [2.24, 2.45) is 0 Å². The number of halogens is 1. The molecule has 4 rings (SSSR count). The Balaban J connectivity index is 1.75. The first-order valence-corrected chi connectivity index (χ1v) is 7.37. The van der Waals surface area contributed by atoms with Crippen LogP contribution in [0.2, 0.25) is 0 Å². The Kier molecular flexibility index (Phi) is 2.52. The van der Waals surface area contributed by atoms with Crippen molar-refractivity contribution in [3.8, 4) is 0 Å². The summed E-state index contributed by atoms with van der Waals surface area (Å²) in [4.78, 5) is 0. The zero-order valence-electron chi connectivity index (χ0n) is 12.0. The van der Waals surface area contributed by atoms with E-state index in [2.05, 4.69) is 5.32 Å². The van der Waals surface area contributed by atoms with Gasteiger partial charge in [0.05, 0.1) is 12.2 Å². The third-order valence-electron chi connectivity index (χ3n) is 4.89. The molecule has 2 aliphatic heterocycles. The Bertz CT molecular complexity index is 571. The van der Waals surface area contributed by atoms with E-state index in [4.69, 9.17) is 9.31 Å². The van der Waals surface area contributed by atoms with Gasteiger partial charge in [0, 0.05) is 28.7 Å². The molecule has 1 aromatic carbocycles. The van der Waals surface area contributed by atoms with Crippen molar-refractivity contribution < 1.29 is 13.7 Å². The van der Waals surface area contributed by atoms with Crippen LogP contribution in [-0.2, 0) is 14.7 Å². The van der Waals surface area contributed by atoms with Crippen molar-refractivity contribution in [2.45, 2.75) is 44.1 Å². The maximum absolute atomic E-state index is 15.0. The van der Waals surface area contributed by atoms with Gasteiger partial charge in [-0.05, 0) is 32.8 Å². The molecule has 0 unspecified atom stereocenters. The molecule has 2 heterocycles. The van der Waals surface area contributed by atoms with E-state index in [1.165, 1.54) is 6.42 Å². The van der Waals surface area contributed by atoms with Crippen LogP contribution in [0.5, 0.6) is 0 Å². The van der Waals surface area contributed by atoms with Gasteiger partial charge in [-0.1, -0.05) is 12.5 Å². The van der Waals surface area contributed by atoms with Crippen molar-refractivity contribution in [2.75, 3.05) is 18.5 Å². The van der Waals surface area contributed by atoms with Crippen molar-refractivity contribution in [3.05, 3.63) is 23.5 Å². The summed E-state index contributed by atoms with van der Waals surface area (Å²) in [6, 6.07) is 3.77. The van der Waals surface area contributed by atoms with Gasteiger partial charge in [-0.3, -0.25) is 0 Å². The number of benzene rings is 1. The van der Waals surface area contributed by atoms with Crippen LogP contribution < -0.4 is 10.8 Å². The van der Waals surface area contributed by atoms with Gasteiger partial charge in [-0.2, -0.15) is 0 Å². The largest absolute Gasteiger partial charge is 0.497 e. The van der Waals surface area contributed by atoms with Gasteiger partial charge in [-0.25, -0.2) is 4.39 Å². The van der Waals surface area contributed by atoms with E-state index in [-0.39, 0.29) is 16.8 Å². The second-order valence-corrected chi connectivity index (χ2v) is 6.90. The van der Waals surface area contributed by atoms with Gasteiger partial charge >= 0.3 is 7.12 Å². The maximum atomic E-state index is 15.0. The fraction of sp³-hybridized carbons (Fsp3) is 0.600. The van der Waals surface area contributed by atoms with Crippen molar-refractivity contribution in [1.82, 2.24) is 0 Å². The number of fused-ring (bicyclic) bond motifs is 2. The van der Waals surface area contributed by atoms with E-state index in [0.29, 0.717) is 12.1 Å². The van der Waals surface area contributed by atoms with Gasteiger partial charge in [0.15, 0.2) is 0 Å². The highest BCUT2D eigenvalue weighted by molar-refractivity contribution is 6.62. The lowest BCUT2D eigenvalue weighted by atomic mass is 9.64. The fourth-order valence-electron chi connectivity index (χ4n) is 3.61. The SMILES string of the molecule is CC1(C)COB(c2ccc3c(c2F)C2(CCC2)CN3)O1. The van der Waals surface area contributed by atoms with Gasteiger partial charge in [-0.15, -0.1) is 0 Å². The van der Waals surface area contributed by atoms with Crippen LogP contribution >= 0.6 is 0 Å². The molecule has 1 saturated carbocycles. The number of anilines is 1. The Labute approximate surface area is 119 Å². The average molecular weight is 275 g/mol. The standard InChI is InChI=1S/C15H19BFNO2/c1-14(2)9-19-16(20-14)10-4-5-11-12(13(10)17)15(8-18-11)6-3-7-15/h4-5,18H,3,6-9H2,1-2H3. The minimum Gasteiger partial charge on any atom is -0.404 e. The first kappa shape index (κ1) is 12.7. The summed E-state index contributed by atoms with van der Waals surface area (Å²) in [5, 5.41) is 3.35. The van der Waals surface area contributed by atoms with E-state index in [0.717, 1.165) is 30.6 Å². The molecule has 3 nitrogen and oxygen atoms in total. The average Bonchev–Trinajstić information content (AvgIpc) is 2.90. The quantitative estimate of drug-likeness (QED) is 0.797. The lowest BCUT2D eigenvalue weighted by Crippen LogP contribution is -2.41. The minimum absolute atomic E-state index is 0.0174. The van der Waals surface area contributed by atoms with Gasteiger partial charge in [0.1, 0.15) is 5.82 Å². The predicted octanol–water partition coefficient (Wildman–Crippen LogP) is 2.19. The number of hydrogen-bond donors (Lipinski definition) is 1. The highest BCUT2D eigenvalue weighted by Gasteiger charge is 2.48. The predicted molar refractivity (Wildman–Crippen MR) is 76.9 cm³/mol. The van der Waals surface area contributed by atoms with Crippen LogP contribution in [0.15, 0.2) is 12.1 Å². The molecule has 0 atom stereocenters. The van der Waals surface area contributed by atoms with Crippen LogP contribution in [0.25, 0.3) is 0 Å². The van der Waals surface area contributed by atoms with E-state index in [1.807, 2.05) is 19.9 Å². The Hall–Kier alpha value is -1.07. The molecule has 1 saturated heterocycles. The van der Waals surface area contributed by atoms with Gasteiger partial charge in [0.25, 0.3) is 0 Å². The Morgan fingerprint density at radius 1 is 1.30 bits per heavy atom. The molecular formula is C15H19BFNO2. The molecule has 106 valence electrons. The summed E-state index contributed by atoms with van der Waals surface area (Å²) in [6.45, 7) is 5.29. The Morgan fingerprint density at radius 2 is 2.10 bits per heavy atom. The lowest BCUT2D eigenvalue weighted by molar-refractivity contribution is 0.137. The van der Waals surface area contributed by atoms with E-state index < -0.39 is 7.12 Å². The molecule has 1 N–H and O–H groups in total. The molecule has 0 aromatic heterocycles. The van der Waals surface area contributed by atoms with Crippen LogP contribution in [-0.4, -0.2) is 25.9 Å². The van der Waals surface area contributed by atoms with Crippen molar-refractivity contribution in [3.63, 3.8) is 0 Å². The first-order valence-electron chi connectivity index (χ1n) is 7.37. The molecular weight excluding hydrogens is 256 g/mol.